The Morgan fingerprint density at radius 2 is 1.93 bits per heavy atom. The molecule has 2 aliphatic rings. The molecule has 28 heavy (non-hydrogen) atoms. The van der Waals surface area contributed by atoms with E-state index in [1.54, 1.807) is 28.0 Å². The van der Waals surface area contributed by atoms with Crippen LogP contribution in [0.2, 0.25) is 0 Å². The molecule has 2 aromatic rings. The van der Waals surface area contributed by atoms with Crippen molar-refractivity contribution in [3.8, 4) is 0 Å². The average molecular weight is 385 g/mol. The van der Waals surface area contributed by atoms with Crippen molar-refractivity contribution in [2.45, 2.75) is 18.4 Å². The fraction of sp³-hybridized carbons (Fsp3) is 0.350. The molecule has 0 bridgehead atoms. The van der Waals surface area contributed by atoms with Crippen LogP contribution in [0.4, 0.5) is 10.1 Å². The number of pyridine rings is 1. The first kappa shape index (κ1) is 18.4. The van der Waals surface area contributed by atoms with Crippen LogP contribution in [0.3, 0.4) is 0 Å². The van der Waals surface area contributed by atoms with Gasteiger partial charge in [0.25, 0.3) is 17.4 Å². The normalized spacial score (nSPS) is 19.1. The van der Waals surface area contributed by atoms with Gasteiger partial charge < -0.3 is 19.5 Å². The van der Waals surface area contributed by atoms with Crippen molar-refractivity contribution in [3.63, 3.8) is 0 Å². The second-order valence-electron chi connectivity index (χ2n) is 7.14. The summed E-state index contributed by atoms with van der Waals surface area (Å²) in [5.41, 5.74) is -0.383. The van der Waals surface area contributed by atoms with Gasteiger partial charge in [-0.2, -0.15) is 0 Å². The fourth-order valence-corrected chi connectivity index (χ4v) is 3.77. The highest BCUT2D eigenvalue weighted by Crippen LogP contribution is 2.33. The van der Waals surface area contributed by atoms with Gasteiger partial charge in [-0.25, -0.2) is 4.39 Å². The lowest BCUT2D eigenvalue weighted by atomic mass is 9.88. The molecule has 1 aromatic carbocycles. The number of nitrogens with one attached hydrogen (secondary N) is 1. The third-order valence-corrected chi connectivity index (χ3v) is 5.38. The monoisotopic (exact) mass is 385 g/mol. The van der Waals surface area contributed by atoms with Crippen molar-refractivity contribution in [1.82, 2.24) is 9.88 Å². The van der Waals surface area contributed by atoms with E-state index in [9.17, 15) is 18.8 Å². The van der Waals surface area contributed by atoms with Gasteiger partial charge in [-0.3, -0.25) is 14.4 Å². The van der Waals surface area contributed by atoms with E-state index in [1.807, 2.05) is 0 Å². The van der Waals surface area contributed by atoms with E-state index < -0.39 is 17.0 Å². The zero-order valence-electron chi connectivity index (χ0n) is 15.2. The minimum Gasteiger partial charge on any atom is -0.363 e. The van der Waals surface area contributed by atoms with Gasteiger partial charge in [0.15, 0.2) is 0 Å². The van der Waals surface area contributed by atoms with Crippen LogP contribution in [-0.4, -0.2) is 53.5 Å². The molecule has 4 rings (SSSR count). The van der Waals surface area contributed by atoms with Crippen LogP contribution in [0.25, 0.3) is 0 Å². The van der Waals surface area contributed by atoms with Crippen LogP contribution < -0.4 is 10.5 Å². The Morgan fingerprint density at radius 3 is 2.64 bits per heavy atom. The quantitative estimate of drug-likeness (QED) is 0.850. The number of H-pyrrole nitrogens is 1. The third-order valence-electron chi connectivity index (χ3n) is 5.38. The Bertz CT molecular complexity index is 966. The molecule has 146 valence electrons. The number of anilines is 1. The van der Waals surface area contributed by atoms with Gasteiger partial charge in [-0.05, 0) is 43.2 Å². The zero-order chi connectivity index (χ0) is 19.7. The number of halogens is 1. The number of piperidine rings is 1. The number of carbonyl (C=O) groups is 2. The zero-order valence-corrected chi connectivity index (χ0v) is 15.2. The van der Waals surface area contributed by atoms with Crippen LogP contribution in [0.15, 0.2) is 47.4 Å². The molecule has 8 heteroatoms. The van der Waals surface area contributed by atoms with Gasteiger partial charge in [0.05, 0.1) is 12.1 Å². The van der Waals surface area contributed by atoms with Gasteiger partial charge in [0.1, 0.15) is 18.0 Å². The number of morpholine rings is 1. The Kier molecular flexibility index (Phi) is 4.72. The second kappa shape index (κ2) is 7.20. The fourth-order valence-electron chi connectivity index (χ4n) is 3.77. The molecule has 2 saturated heterocycles. The number of hydrogen-bond donors (Lipinski definition) is 1. The maximum Gasteiger partial charge on any atom is 0.260 e. The number of amides is 2. The number of benzene rings is 1. The maximum atomic E-state index is 13.6. The van der Waals surface area contributed by atoms with E-state index in [4.69, 9.17) is 4.74 Å². The first-order valence-corrected chi connectivity index (χ1v) is 9.14. The van der Waals surface area contributed by atoms with Crippen molar-refractivity contribution in [3.05, 3.63) is 64.3 Å². The first-order valence-electron chi connectivity index (χ1n) is 9.14. The molecule has 3 heterocycles. The summed E-state index contributed by atoms with van der Waals surface area (Å²) in [6.45, 7) is 1.06. The molecule has 1 aromatic heterocycles. The summed E-state index contributed by atoms with van der Waals surface area (Å²) in [5.74, 6) is -0.935. The summed E-state index contributed by atoms with van der Waals surface area (Å²) in [5, 5.41) is 0. The SMILES string of the molecule is O=C(c1ccc[nH]c1=O)N1CCC2(CC1)CN(c1cccc(F)c1)C(=O)CO2. The molecule has 1 N–H and O–H groups in total. The lowest BCUT2D eigenvalue weighted by Gasteiger charge is -2.46. The number of carbonyl (C=O) groups excluding carboxylic acids is 2. The van der Waals surface area contributed by atoms with Crippen molar-refractivity contribution >= 4 is 17.5 Å². The van der Waals surface area contributed by atoms with Gasteiger partial charge >= 0.3 is 0 Å². The maximum absolute atomic E-state index is 13.6. The van der Waals surface area contributed by atoms with Gasteiger partial charge in [0, 0.05) is 25.0 Å². The Balaban J connectivity index is 1.47. The molecule has 0 atom stereocenters. The molecule has 0 radical (unpaired) electrons. The van der Waals surface area contributed by atoms with Crippen molar-refractivity contribution in [1.29, 1.82) is 0 Å². The van der Waals surface area contributed by atoms with E-state index in [0.29, 0.717) is 38.2 Å². The minimum absolute atomic E-state index is 0.0805. The van der Waals surface area contributed by atoms with Crippen molar-refractivity contribution in [2.24, 2.45) is 0 Å². The molecule has 0 unspecified atom stereocenters. The number of rotatable bonds is 2. The lowest BCUT2D eigenvalue weighted by Crippen LogP contribution is -2.59. The predicted molar refractivity (Wildman–Crippen MR) is 99.6 cm³/mol. The van der Waals surface area contributed by atoms with Gasteiger partial charge in [-0.15, -0.1) is 0 Å². The van der Waals surface area contributed by atoms with Gasteiger partial charge in [0.2, 0.25) is 0 Å². The van der Waals surface area contributed by atoms with Crippen LogP contribution in [0, 0.1) is 5.82 Å². The number of ether oxygens (including phenoxy) is 1. The van der Waals surface area contributed by atoms with Crippen LogP contribution >= 0.6 is 0 Å². The Morgan fingerprint density at radius 1 is 1.14 bits per heavy atom. The van der Waals surface area contributed by atoms with E-state index in [0.717, 1.165) is 0 Å². The van der Waals surface area contributed by atoms with Crippen molar-refractivity contribution < 1.29 is 18.7 Å². The van der Waals surface area contributed by atoms with E-state index in [1.165, 1.54) is 24.4 Å². The number of aromatic amines is 1. The summed E-state index contributed by atoms with van der Waals surface area (Å²) >= 11 is 0. The molecular weight excluding hydrogens is 365 g/mol. The number of aromatic nitrogens is 1. The molecule has 0 aliphatic carbocycles. The second-order valence-corrected chi connectivity index (χ2v) is 7.14. The molecule has 7 nitrogen and oxygen atoms in total. The molecule has 2 amide bonds. The third kappa shape index (κ3) is 3.43. The van der Waals surface area contributed by atoms with Crippen LogP contribution in [0.5, 0.6) is 0 Å². The van der Waals surface area contributed by atoms with E-state index >= 15 is 0 Å². The highest BCUT2D eigenvalue weighted by atomic mass is 19.1. The lowest BCUT2D eigenvalue weighted by molar-refractivity contribution is -0.143. The number of hydrogen-bond acceptors (Lipinski definition) is 4. The largest absolute Gasteiger partial charge is 0.363 e. The molecule has 2 aliphatic heterocycles. The summed E-state index contributed by atoms with van der Waals surface area (Å²) in [6.07, 6.45) is 2.54. The summed E-state index contributed by atoms with van der Waals surface area (Å²) in [7, 11) is 0. The number of likely N-dealkylation sites (tertiary alicyclic amines) is 1. The first-order chi connectivity index (χ1) is 13.5. The topological polar surface area (TPSA) is 82.7 Å². The summed E-state index contributed by atoms with van der Waals surface area (Å²) in [6, 6.07) is 9.05. The highest BCUT2D eigenvalue weighted by molar-refractivity contribution is 5.95. The number of nitrogens with zero attached hydrogens (tertiary/aromatic N) is 2. The van der Waals surface area contributed by atoms with Crippen molar-refractivity contribution in [2.75, 3.05) is 31.1 Å². The Hall–Kier alpha value is -3.00. The standard InChI is InChI=1S/C20H20FN3O4/c21-14-3-1-4-15(11-14)24-13-20(28-12-17(24)25)6-9-23(10-7-20)19(27)16-5-2-8-22-18(16)26/h1-5,8,11H,6-7,9-10,12-13H2,(H,22,26). The summed E-state index contributed by atoms with van der Waals surface area (Å²) in [4.78, 5) is 42.5. The summed E-state index contributed by atoms with van der Waals surface area (Å²) < 4.78 is 19.4. The van der Waals surface area contributed by atoms with E-state index in [2.05, 4.69) is 4.98 Å². The molecule has 2 fully saturated rings. The highest BCUT2D eigenvalue weighted by Gasteiger charge is 2.43. The average Bonchev–Trinajstić information content (AvgIpc) is 2.70. The molecule has 1 spiro atoms. The van der Waals surface area contributed by atoms with E-state index in [-0.39, 0.29) is 24.0 Å². The minimum atomic E-state index is -0.583. The molecule has 0 saturated carbocycles. The Labute approximate surface area is 160 Å². The predicted octanol–water partition coefficient (Wildman–Crippen LogP) is 1.55. The molecular formula is C20H20FN3O4. The van der Waals surface area contributed by atoms with Gasteiger partial charge in [-0.1, -0.05) is 6.07 Å². The van der Waals surface area contributed by atoms with Crippen LogP contribution in [-0.2, 0) is 9.53 Å². The van der Waals surface area contributed by atoms with Crippen LogP contribution in [0.1, 0.15) is 23.2 Å². The smallest absolute Gasteiger partial charge is 0.260 e.